The highest BCUT2D eigenvalue weighted by Gasteiger charge is 2.11. The molecule has 0 unspecified atom stereocenters. The number of rotatable bonds is 1. The summed E-state index contributed by atoms with van der Waals surface area (Å²) in [4.78, 5) is 2.35. The zero-order chi connectivity index (χ0) is 6.81. The summed E-state index contributed by atoms with van der Waals surface area (Å²) in [6.07, 6.45) is 6.19. The maximum Gasteiger partial charge on any atom is 0.114 e. The van der Waals surface area contributed by atoms with Crippen molar-refractivity contribution >= 4 is 5.69 Å². The summed E-state index contributed by atoms with van der Waals surface area (Å²) in [5.74, 6) is 0. The van der Waals surface area contributed by atoms with Gasteiger partial charge in [0.1, 0.15) is 6.26 Å². The fraction of sp³-hybridized carbons (Fsp3) is 0.500. The lowest BCUT2D eigenvalue weighted by Crippen LogP contribution is -2.16. The second kappa shape index (κ2) is 2.37. The van der Waals surface area contributed by atoms with E-state index in [9.17, 15) is 0 Å². The Morgan fingerprint density at radius 3 is 2.70 bits per heavy atom. The van der Waals surface area contributed by atoms with Crippen LogP contribution in [0, 0.1) is 0 Å². The van der Waals surface area contributed by atoms with Gasteiger partial charge in [-0.25, -0.2) is 0 Å². The van der Waals surface area contributed by atoms with Crippen molar-refractivity contribution in [3.8, 4) is 0 Å². The minimum atomic E-state index is 1.19. The molecule has 2 heterocycles. The summed E-state index contributed by atoms with van der Waals surface area (Å²) in [6, 6.07) is 2.02. The molecular formula is C8H11NO. The van der Waals surface area contributed by atoms with Gasteiger partial charge < -0.3 is 9.32 Å². The van der Waals surface area contributed by atoms with E-state index in [-0.39, 0.29) is 0 Å². The Labute approximate surface area is 60.4 Å². The molecule has 2 heteroatoms. The van der Waals surface area contributed by atoms with Gasteiger partial charge in [0.05, 0.1) is 12.0 Å². The average molecular weight is 137 g/mol. The summed E-state index contributed by atoms with van der Waals surface area (Å²) < 4.78 is 4.99. The van der Waals surface area contributed by atoms with E-state index in [1.807, 2.05) is 12.3 Å². The van der Waals surface area contributed by atoms with Crippen LogP contribution in [0.25, 0.3) is 0 Å². The highest BCUT2D eigenvalue weighted by Crippen LogP contribution is 2.19. The third-order valence-electron chi connectivity index (χ3n) is 1.98. The second-order valence-corrected chi connectivity index (χ2v) is 2.68. The predicted molar refractivity (Wildman–Crippen MR) is 40.2 cm³/mol. The number of anilines is 1. The fourth-order valence-electron chi connectivity index (χ4n) is 1.41. The van der Waals surface area contributed by atoms with Crippen molar-refractivity contribution in [3.05, 3.63) is 18.6 Å². The third kappa shape index (κ3) is 0.897. The van der Waals surface area contributed by atoms with Gasteiger partial charge in [-0.3, -0.25) is 0 Å². The molecule has 2 rings (SSSR count). The van der Waals surface area contributed by atoms with Crippen LogP contribution in [0.4, 0.5) is 5.69 Å². The molecule has 10 heavy (non-hydrogen) atoms. The zero-order valence-electron chi connectivity index (χ0n) is 5.92. The topological polar surface area (TPSA) is 16.4 Å². The van der Waals surface area contributed by atoms with Gasteiger partial charge >= 0.3 is 0 Å². The second-order valence-electron chi connectivity index (χ2n) is 2.68. The maximum absolute atomic E-state index is 4.99. The van der Waals surface area contributed by atoms with Crippen LogP contribution in [0.5, 0.6) is 0 Å². The van der Waals surface area contributed by atoms with E-state index in [2.05, 4.69) is 4.90 Å². The lowest BCUT2D eigenvalue weighted by molar-refractivity contribution is 0.566. The molecule has 1 fully saturated rings. The van der Waals surface area contributed by atoms with Gasteiger partial charge in [0.25, 0.3) is 0 Å². The van der Waals surface area contributed by atoms with Crippen molar-refractivity contribution in [1.29, 1.82) is 0 Å². The van der Waals surface area contributed by atoms with Crippen LogP contribution in [0.2, 0.25) is 0 Å². The molecule has 1 aliphatic rings. The lowest BCUT2D eigenvalue weighted by Gasteiger charge is -2.13. The van der Waals surface area contributed by atoms with E-state index >= 15 is 0 Å². The molecule has 0 amide bonds. The molecule has 0 aliphatic carbocycles. The first-order valence-electron chi connectivity index (χ1n) is 3.74. The highest BCUT2D eigenvalue weighted by molar-refractivity contribution is 5.43. The van der Waals surface area contributed by atoms with Crippen LogP contribution in [0.1, 0.15) is 12.8 Å². The smallest absolute Gasteiger partial charge is 0.114 e. The zero-order valence-corrected chi connectivity index (χ0v) is 5.92. The molecular weight excluding hydrogens is 126 g/mol. The first-order chi connectivity index (χ1) is 4.97. The number of nitrogens with zero attached hydrogens (tertiary/aromatic N) is 1. The van der Waals surface area contributed by atoms with Gasteiger partial charge in [-0.2, -0.15) is 0 Å². The Hall–Kier alpha value is -0.920. The van der Waals surface area contributed by atoms with Crippen molar-refractivity contribution in [3.63, 3.8) is 0 Å². The molecule has 1 saturated heterocycles. The lowest BCUT2D eigenvalue weighted by atomic mass is 10.4. The third-order valence-corrected chi connectivity index (χ3v) is 1.98. The van der Waals surface area contributed by atoms with Gasteiger partial charge in [-0.05, 0) is 18.9 Å². The first-order valence-corrected chi connectivity index (χ1v) is 3.74. The Balaban J connectivity index is 2.12. The molecule has 2 nitrogen and oxygen atoms in total. The summed E-state index contributed by atoms with van der Waals surface area (Å²) >= 11 is 0. The molecule has 0 N–H and O–H groups in total. The molecule has 1 aliphatic heterocycles. The van der Waals surface area contributed by atoms with Crippen LogP contribution in [-0.2, 0) is 0 Å². The summed E-state index contributed by atoms with van der Waals surface area (Å²) in [7, 11) is 0. The van der Waals surface area contributed by atoms with Gasteiger partial charge in [-0.1, -0.05) is 0 Å². The largest absolute Gasteiger partial charge is 0.470 e. The Bertz CT molecular complexity index is 187. The van der Waals surface area contributed by atoms with Crippen LogP contribution in [0.3, 0.4) is 0 Å². The van der Waals surface area contributed by atoms with Crippen molar-refractivity contribution in [2.24, 2.45) is 0 Å². The van der Waals surface area contributed by atoms with E-state index in [0.717, 1.165) is 0 Å². The standard InChI is InChI=1S/C8H11NO/c1-2-5-9(4-1)8-3-6-10-7-8/h3,6-7H,1-2,4-5H2. The predicted octanol–water partition coefficient (Wildman–Crippen LogP) is 1.88. The monoisotopic (exact) mass is 137 g/mol. The van der Waals surface area contributed by atoms with Gasteiger partial charge in [-0.15, -0.1) is 0 Å². The van der Waals surface area contributed by atoms with Crippen molar-refractivity contribution < 1.29 is 4.42 Å². The number of hydrogen-bond acceptors (Lipinski definition) is 2. The quantitative estimate of drug-likeness (QED) is 0.587. The van der Waals surface area contributed by atoms with Crippen LogP contribution < -0.4 is 4.90 Å². The number of furan rings is 1. The molecule has 0 aromatic carbocycles. The minimum Gasteiger partial charge on any atom is -0.470 e. The molecule has 0 radical (unpaired) electrons. The van der Waals surface area contributed by atoms with E-state index < -0.39 is 0 Å². The molecule has 0 atom stereocenters. The molecule has 0 saturated carbocycles. The average Bonchev–Trinajstić information content (AvgIpc) is 2.59. The molecule has 0 bridgehead atoms. The Morgan fingerprint density at radius 1 is 1.30 bits per heavy atom. The van der Waals surface area contributed by atoms with Crippen molar-refractivity contribution in [1.82, 2.24) is 0 Å². The van der Waals surface area contributed by atoms with Crippen LogP contribution in [-0.4, -0.2) is 13.1 Å². The van der Waals surface area contributed by atoms with Crippen molar-refractivity contribution in [2.45, 2.75) is 12.8 Å². The minimum absolute atomic E-state index is 1.19. The number of hydrogen-bond donors (Lipinski definition) is 0. The van der Waals surface area contributed by atoms with Gasteiger partial charge in [0.15, 0.2) is 0 Å². The summed E-state index contributed by atoms with van der Waals surface area (Å²) in [6.45, 7) is 2.39. The molecule has 1 aromatic heterocycles. The van der Waals surface area contributed by atoms with E-state index in [1.54, 1.807) is 6.26 Å². The van der Waals surface area contributed by atoms with E-state index in [4.69, 9.17) is 4.42 Å². The summed E-state index contributed by atoms with van der Waals surface area (Å²) in [5, 5.41) is 0. The van der Waals surface area contributed by atoms with Crippen molar-refractivity contribution in [2.75, 3.05) is 18.0 Å². The Kier molecular flexibility index (Phi) is 1.38. The Morgan fingerprint density at radius 2 is 2.10 bits per heavy atom. The summed E-state index contributed by atoms with van der Waals surface area (Å²) in [5.41, 5.74) is 1.23. The maximum atomic E-state index is 4.99. The fourth-order valence-corrected chi connectivity index (χ4v) is 1.41. The molecule has 1 aromatic rings. The normalized spacial score (nSPS) is 18.2. The van der Waals surface area contributed by atoms with E-state index in [0.29, 0.717) is 0 Å². The first kappa shape index (κ1) is 5.83. The van der Waals surface area contributed by atoms with E-state index in [1.165, 1.54) is 31.6 Å². The van der Waals surface area contributed by atoms with Crippen LogP contribution in [0.15, 0.2) is 23.0 Å². The van der Waals surface area contributed by atoms with Gasteiger partial charge in [0, 0.05) is 13.1 Å². The SMILES string of the molecule is c1cc(N2CCCC2)co1. The van der Waals surface area contributed by atoms with Crippen LogP contribution >= 0.6 is 0 Å². The molecule has 54 valence electrons. The van der Waals surface area contributed by atoms with Gasteiger partial charge in [0.2, 0.25) is 0 Å². The highest BCUT2D eigenvalue weighted by atomic mass is 16.3. The molecule has 0 spiro atoms.